The Balaban J connectivity index is 2.68. The average molecular weight is 228 g/mol. The van der Waals surface area contributed by atoms with Gasteiger partial charge in [0.1, 0.15) is 0 Å². The Morgan fingerprint density at radius 3 is 2.19 bits per heavy atom. The first kappa shape index (κ1) is 13.9. The van der Waals surface area contributed by atoms with Crippen LogP contribution in [0.4, 0.5) is 0 Å². The zero-order valence-corrected chi connectivity index (χ0v) is 11.5. The molecular formula is C13H28N2O. The molecule has 0 radical (unpaired) electrons. The molecule has 0 heterocycles. The molecule has 16 heavy (non-hydrogen) atoms. The van der Waals surface area contributed by atoms with Gasteiger partial charge in [-0.25, -0.2) is 0 Å². The van der Waals surface area contributed by atoms with Gasteiger partial charge in [-0.2, -0.15) is 0 Å². The maximum absolute atomic E-state index is 6.00. The Bertz CT molecular complexity index is 210. The largest absolute Gasteiger partial charge is 0.381 e. The quantitative estimate of drug-likeness (QED) is 0.754. The topological polar surface area (TPSA) is 38.5 Å². The number of nitrogens with zero attached hydrogens (tertiary/aromatic N) is 1. The van der Waals surface area contributed by atoms with Crippen molar-refractivity contribution in [1.82, 2.24) is 4.90 Å². The van der Waals surface area contributed by atoms with Gasteiger partial charge in [0.05, 0.1) is 6.10 Å². The fraction of sp³-hybridized carbons (Fsp3) is 1.00. The van der Waals surface area contributed by atoms with Crippen molar-refractivity contribution in [3.63, 3.8) is 0 Å². The van der Waals surface area contributed by atoms with Gasteiger partial charge in [0.25, 0.3) is 0 Å². The van der Waals surface area contributed by atoms with Gasteiger partial charge in [-0.1, -0.05) is 13.8 Å². The summed E-state index contributed by atoms with van der Waals surface area (Å²) in [5.74, 6) is 0.687. The molecule has 0 atom stereocenters. The summed E-state index contributed by atoms with van der Waals surface area (Å²) >= 11 is 0. The molecule has 1 saturated carbocycles. The predicted octanol–water partition coefficient (Wildman–Crippen LogP) is 1.86. The molecule has 1 aliphatic rings. The second-order valence-electron chi connectivity index (χ2n) is 5.83. The average Bonchev–Trinajstić information content (AvgIpc) is 2.15. The molecule has 0 aromatic carbocycles. The van der Waals surface area contributed by atoms with E-state index in [9.17, 15) is 0 Å². The van der Waals surface area contributed by atoms with Crippen molar-refractivity contribution in [2.45, 2.75) is 58.2 Å². The first-order chi connectivity index (χ1) is 7.45. The number of hydrogen-bond acceptors (Lipinski definition) is 3. The SMILES string of the molecule is COC1CC(CN)(N(CC(C)C)C(C)C)C1. The van der Waals surface area contributed by atoms with Gasteiger partial charge in [-0.3, -0.25) is 4.90 Å². The van der Waals surface area contributed by atoms with E-state index in [1.165, 1.54) is 0 Å². The van der Waals surface area contributed by atoms with Crippen LogP contribution in [0.15, 0.2) is 0 Å². The van der Waals surface area contributed by atoms with Gasteiger partial charge in [-0.15, -0.1) is 0 Å². The minimum atomic E-state index is 0.194. The van der Waals surface area contributed by atoms with Crippen LogP contribution in [0.25, 0.3) is 0 Å². The molecular weight excluding hydrogens is 200 g/mol. The minimum Gasteiger partial charge on any atom is -0.381 e. The van der Waals surface area contributed by atoms with Crippen LogP contribution in [0.2, 0.25) is 0 Å². The molecule has 0 unspecified atom stereocenters. The highest BCUT2D eigenvalue weighted by Crippen LogP contribution is 2.40. The fourth-order valence-electron chi connectivity index (χ4n) is 2.82. The van der Waals surface area contributed by atoms with Crippen LogP contribution < -0.4 is 5.73 Å². The monoisotopic (exact) mass is 228 g/mol. The van der Waals surface area contributed by atoms with E-state index >= 15 is 0 Å². The number of hydrogen-bond donors (Lipinski definition) is 1. The molecule has 0 aromatic heterocycles. The minimum absolute atomic E-state index is 0.194. The second-order valence-corrected chi connectivity index (χ2v) is 5.83. The molecule has 0 aliphatic heterocycles. The van der Waals surface area contributed by atoms with Gasteiger partial charge in [0.15, 0.2) is 0 Å². The lowest BCUT2D eigenvalue weighted by Gasteiger charge is -2.55. The maximum Gasteiger partial charge on any atom is 0.0607 e. The Morgan fingerprint density at radius 1 is 1.31 bits per heavy atom. The first-order valence-corrected chi connectivity index (χ1v) is 6.45. The summed E-state index contributed by atoms with van der Waals surface area (Å²) in [6.45, 7) is 10.9. The van der Waals surface area contributed by atoms with Crippen molar-refractivity contribution < 1.29 is 4.74 Å². The Morgan fingerprint density at radius 2 is 1.88 bits per heavy atom. The zero-order valence-electron chi connectivity index (χ0n) is 11.5. The third-order valence-corrected chi connectivity index (χ3v) is 3.72. The van der Waals surface area contributed by atoms with Gasteiger partial charge in [0.2, 0.25) is 0 Å². The van der Waals surface area contributed by atoms with Crippen LogP contribution in [-0.2, 0) is 4.74 Å². The van der Waals surface area contributed by atoms with Crippen LogP contribution in [0.5, 0.6) is 0 Å². The van der Waals surface area contributed by atoms with E-state index in [0.29, 0.717) is 18.1 Å². The van der Waals surface area contributed by atoms with Gasteiger partial charge in [-0.05, 0) is 32.6 Å². The molecule has 1 fully saturated rings. The zero-order chi connectivity index (χ0) is 12.3. The maximum atomic E-state index is 6.00. The van der Waals surface area contributed by atoms with Crippen molar-refractivity contribution in [2.75, 3.05) is 20.2 Å². The summed E-state index contributed by atoms with van der Waals surface area (Å²) < 4.78 is 5.40. The second kappa shape index (κ2) is 5.48. The van der Waals surface area contributed by atoms with E-state index in [1.54, 1.807) is 7.11 Å². The van der Waals surface area contributed by atoms with Crippen molar-refractivity contribution in [1.29, 1.82) is 0 Å². The third-order valence-electron chi connectivity index (χ3n) is 3.72. The van der Waals surface area contributed by atoms with E-state index in [4.69, 9.17) is 10.5 Å². The van der Waals surface area contributed by atoms with Gasteiger partial charge < -0.3 is 10.5 Å². The lowest BCUT2D eigenvalue weighted by molar-refractivity contribution is -0.101. The molecule has 3 heteroatoms. The summed E-state index contributed by atoms with van der Waals surface area (Å²) in [5, 5.41) is 0. The predicted molar refractivity (Wildman–Crippen MR) is 68.5 cm³/mol. The van der Waals surface area contributed by atoms with Crippen LogP contribution in [0.1, 0.15) is 40.5 Å². The Hall–Kier alpha value is -0.120. The van der Waals surface area contributed by atoms with Crippen LogP contribution in [-0.4, -0.2) is 42.8 Å². The van der Waals surface area contributed by atoms with E-state index < -0.39 is 0 Å². The lowest BCUT2D eigenvalue weighted by atomic mass is 9.72. The molecule has 2 N–H and O–H groups in total. The van der Waals surface area contributed by atoms with E-state index in [2.05, 4.69) is 32.6 Å². The standard InChI is InChI=1S/C13H28N2O/c1-10(2)8-15(11(3)4)13(9-14)6-12(7-13)16-5/h10-12H,6-9,14H2,1-5H3. The van der Waals surface area contributed by atoms with Crippen LogP contribution >= 0.6 is 0 Å². The molecule has 0 saturated heterocycles. The van der Waals surface area contributed by atoms with Crippen LogP contribution in [0, 0.1) is 5.92 Å². The first-order valence-electron chi connectivity index (χ1n) is 6.45. The summed E-state index contributed by atoms with van der Waals surface area (Å²) in [5.41, 5.74) is 6.20. The Labute approximate surface area is 100 Å². The normalized spacial score (nSPS) is 30.2. The summed E-state index contributed by atoms with van der Waals surface area (Å²) in [6.07, 6.45) is 2.59. The number of rotatable bonds is 6. The number of ether oxygens (including phenoxy) is 1. The van der Waals surface area contributed by atoms with Crippen molar-refractivity contribution in [3.8, 4) is 0 Å². The highest BCUT2D eigenvalue weighted by molar-refractivity contribution is 5.05. The number of methoxy groups -OCH3 is 1. The summed E-state index contributed by atoms with van der Waals surface area (Å²) in [7, 11) is 1.80. The van der Waals surface area contributed by atoms with E-state index in [-0.39, 0.29) is 5.54 Å². The van der Waals surface area contributed by atoms with E-state index in [1.807, 2.05) is 0 Å². The lowest BCUT2D eigenvalue weighted by Crippen LogP contribution is -2.66. The molecule has 1 aliphatic carbocycles. The molecule has 96 valence electrons. The van der Waals surface area contributed by atoms with Crippen molar-refractivity contribution in [3.05, 3.63) is 0 Å². The molecule has 0 spiro atoms. The third kappa shape index (κ3) is 2.76. The number of nitrogens with two attached hydrogens (primary N) is 1. The van der Waals surface area contributed by atoms with Crippen LogP contribution in [0.3, 0.4) is 0 Å². The Kier molecular flexibility index (Phi) is 4.77. The van der Waals surface area contributed by atoms with Gasteiger partial charge >= 0.3 is 0 Å². The van der Waals surface area contributed by atoms with E-state index in [0.717, 1.165) is 25.9 Å². The fourth-order valence-corrected chi connectivity index (χ4v) is 2.82. The highest BCUT2D eigenvalue weighted by atomic mass is 16.5. The smallest absolute Gasteiger partial charge is 0.0607 e. The molecule has 0 aromatic rings. The molecule has 1 rings (SSSR count). The molecule has 0 amide bonds. The highest BCUT2D eigenvalue weighted by Gasteiger charge is 2.48. The molecule has 3 nitrogen and oxygen atoms in total. The van der Waals surface area contributed by atoms with Gasteiger partial charge in [0, 0.05) is 31.8 Å². The van der Waals surface area contributed by atoms with Crippen molar-refractivity contribution >= 4 is 0 Å². The summed E-state index contributed by atoms with van der Waals surface area (Å²) in [4.78, 5) is 2.58. The van der Waals surface area contributed by atoms with Crippen molar-refractivity contribution in [2.24, 2.45) is 11.7 Å². The summed E-state index contributed by atoms with van der Waals surface area (Å²) in [6, 6.07) is 0.559. The molecule has 0 bridgehead atoms.